The van der Waals surface area contributed by atoms with Crippen LogP contribution in [-0.2, 0) is 9.53 Å². The Balaban J connectivity index is 2.35. The van der Waals surface area contributed by atoms with Crippen LogP contribution in [0.1, 0.15) is 34.5 Å². The molecule has 0 fully saturated rings. The minimum absolute atomic E-state index is 0.0901. The summed E-state index contributed by atoms with van der Waals surface area (Å²) in [5, 5.41) is 0. The van der Waals surface area contributed by atoms with Gasteiger partial charge in [0.25, 0.3) is 0 Å². The predicted octanol–water partition coefficient (Wildman–Crippen LogP) is 3.71. The Bertz CT molecular complexity index is 659. The second kappa shape index (κ2) is 6.66. The van der Waals surface area contributed by atoms with E-state index in [1.54, 1.807) is 37.3 Å². The maximum atomic E-state index is 12.6. The second-order valence-electron chi connectivity index (χ2n) is 4.57. The summed E-state index contributed by atoms with van der Waals surface area (Å²) in [6, 6.07) is 16.2. The largest absolute Gasteiger partial charge is 0.455 e. The minimum Gasteiger partial charge on any atom is -0.455 e. The van der Waals surface area contributed by atoms with E-state index in [0.717, 1.165) is 6.08 Å². The van der Waals surface area contributed by atoms with Crippen LogP contribution >= 0.6 is 0 Å². The van der Waals surface area contributed by atoms with Crippen LogP contribution in [0.15, 0.2) is 67.3 Å². The standard InChI is InChI=1S/C18H16O3/c1-3-17(19)21-13(2)15-11-7-8-12-16(15)18(20)14-9-5-4-6-10-14/h3-13H,1H2,2H3. The molecule has 2 aromatic rings. The molecule has 0 saturated heterocycles. The summed E-state index contributed by atoms with van der Waals surface area (Å²) in [7, 11) is 0. The number of hydrogen-bond donors (Lipinski definition) is 0. The molecule has 0 aliphatic carbocycles. The number of carbonyl (C=O) groups excluding carboxylic acids is 2. The summed E-state index contributed by atoms with van der Waals surface area (Å²) in [6.45, 7) is 5.11. The molecule has 2 aromatic carbocycles. The summed E-state index contributed by atoms with van der Waals surface area (Å²) >= 11 is 0. The summed E-state index contributed by atoms with van der Waals surface area (Å²) in [5.74, 6) is -0.600. The first kappa shape index (κ1) is 14.7. The van der Waals surface area contributed by atoms with Crippen molar-refractivity contribution in [3.8, 4) is 0 Å². The Hall–Kier alpha value is -2.68. The Kier molecular flexibility index (Phi) is 4.67. The molecule has 2 rings (SSSR count). The van der Waals surface area contributed by atoms with Gasteiger partial charge in [-0.25, -0.2) is 4.79 Å². The van der Waals surface area contributed by atoms with E-state index in [1.807, 2.05) is 24.3 Å². The van der Waals surface area contributed by atoms with Crippen LogP contribution in [-0.4, -0.2) is 11.8 Å². The van der Waals surface area contributed by atoms with Gasteiger partial charge in [0.15, 0.2) is 5.78 Å². The highest BCUT2D eigenvalue weighted by Crippen LogP contribution is 2.23. The maximum Gasteiger partial charge on any atom is 0.330 e. The molecule has 0 amide bonds. The Morgan fingerprint density at radius 3 is 2.33 bits per heavy atom. The minimum atomic E-state index is -0.514. The molecule has 0 saturated carbocycles. The van der Waals surface area contributed by atoms with Crippen LogP contribution in [0, 0.1) is 0 Å². The molecule has 0 aliphatic rings. The summed E-state index contributed by atoms with van der Waals surface area (Å²) in [5.41, 5.74) is 1.82. The molecule has 0 heterocycles. The first-order chi connectivity index (χ1) is 10.1. The van der Waals surface area contributed by atoms with Crippen LogP contribution in [0.5, 0.6) is 0 Å². The van der Waals surface area contributed by atoms with Gasteiger partial charge in [0.05, 0.1) is 0 Å². The SMILES string of the molecule is C=CC(=O)OC(C)c1ccccc1C(=O)c1ccccc1. The normalized spacial score (nSPS) is 11.5. The first-order valence-corrected chi connectivity index (χ1v) is 6.65. The predicted molar refractivity (Wildman–Crippen MR) is 81.0 cm³/mol. The molecular weight excluding hydrogens is 264 g/mol. The van der Waals surface area contributed by atoms with E-state index in [2.05, 4.69) is 6.58 Å². The first-order valence-electron chi connectivity index (χ1n) is 6.65. The average Bonchev–Trinajstić information content (AvgIpc) is 2.54. The van der Waals surface area contributed by atoms with Crippen LogP contribution < -0.4 is 0 Å². The highest BCUT2D eigenvalue weighted by molar-refractivity contribution is 6.10. The van der Waals surface area contributed by atoms with Gasteiger partial charge in [0.1, 0.15) is 6.10 Å². The second-order valence-corrected chi connectivity index (χ2v) is 4.57. The lowest BCUT2D eigenvalue weighted by Crippen LogP contribution is -2.11. The number of esters is 1. The van der Waals surface area contributed by atoms with E-state index in [9.17, 15) is 9.59 Å². The number of ether oxygens (including phenoxy) is 1. The van der Waals surface area contributed by atoms with E-state index < -0.39 is 12.1 Å². The van der Waals surface area contributed by atoms with Crippen molar-refractivity contribution in [1.82, 2.24) is 0 Å². The van der Waals surface area contributed by atoms with Gasteiger partial charge in [0, 0.05) is 22.8 Å². The van der Waals surface area contributed by atoms with Crippen molar-refractivity contribution in [1.29, 1.82) is 0 Å². The van der Waals surface area contributed by atoms with Crippen LogP contribution in [0.2, 0.25) is 0 Å². The van der Waals surface area contributed by atoms with E-state index in [4.69, 9.17) is 4.74 Å². The highest BCUT2D eigenvalue weighted by Gasteiger charge is 2.18. The van der Waals surface area contributed by atoms with Crippen molar-refractivity contribution in [2.24, 2.45) is 0 Å². The monoisotopic (exact) mass is 280 g/mol. The van der Waals surface area contributed by atoms with Gasteiger partial charge >= 0.3 is 5.97 Å². The van der Waals surface area contributed by atoms with E-state index in [1.165, 1.54) is 0 Å². The lowest BCUT2D eigenvalue weighted by atomic mass is 9.96. The van der Waals surface area contributed by atoms with Crippen molar-refractivity contribution in [3.63, 3.8) is 0 Å². The quantitative estimate of drug-likeness (QED) is 0.476. The van der Waals surface area contributed by atoms with Gasteiger partial charge in [-0.3, -0.25) is 4.79 Å². The highest BCUT2D eigenvalue weighted by atomic mass is 16.5. The molecule has 0 spiro atoms. The Labute approximate surface area is 123 Å². The van der Waals surface area contributed by atoms with Crippen LogP contribution in [0.4, 0.5) is 0 Å². The third kappa shape index (κ3) is 3.45. The zero-order valence-electron chi connectivity index (χ0n) is 11.8. The zero-order chi connectivity index (χ0) is 15.2. The molecule has 0 aromatic heterocycles. The van der Waals surface area contributed by atoms with E-state index >= 15 is 0 Å². The lowest BCUT2D eigenvalue weighted by Gasteiger charge is -2.16. The molecule has 1 atom stereocenters. The van der Waals surface area contributed by atoms with Crippen molar-refractivity contribution < 1.29 is 14.3 Å². The third-order valence-electron chi connectivity index (χ3n) is 3.14. The topological polar surface area (TPSA) is 43.4 Å². The average molecular weight is 280 g/mol. The molecular formula is C18H16O3. The fourth-order valence-corrected chi connectivity index (χ4v) is 2.09. The molecule has 0 N–H and O–H groups in total. The van der Waals surface area contributed by atoms with Gasteiger partial charge in [-0.1, -0.05) is 61.2 Å². The van der Waals surface area contributed by atoms with Gasteiger partial charge in [-0.05, 0) is 6.92 Å². The van der Waals surface area contributed by atoms with Gasteiger partial charge in [-0.2, -0.15) is 0 Å². The molecule has 106 valence electrons. The summed E-state index contributed by atoms with van der Waals surface area (Å²) < 4.78 is 5.20. The molecule has 0 aliphatic heterocycles. The number of ketones is 1. The zero-order valence-corrected chi connectivity index (χ0v) is 11.8. The molecule has 3 heteroatoms. The smallest absolute Gasteiger partial charge is 0.330 e. The van der Waals surface area contributed by atoms with E-state index in [0.29, 0.717) is 16.7 Å². The number of rotatable bonds is 5. The maximum absolute atomic E-state index is 12.6. The van der Waals surface area contributed by atoms with Crippen molar-refractivity contribution in [3.05, 3.63) is 83.9 Å². The van der Waals surface area contributed by atoms with Crippen molar-refractivity contribution >= 4 is 11.8 Å². The van der Waals surface area contributed by atoms with Crippen LogP contribution in [0.3, 0.4) is 0 Å². The van der Waals surface area contributed by atoms with Crippen LogP contribution in [0.25, 0.3) is 0 Å². The van der Waals surface area contributed by atoms with Gasteiger partial charge < -0.3 is 4.74 Å². The van der Waals surface area contributed by atoms with E-state index in [-0.39, 0.29) is 5.78 Å². The Morgan fingerprint density at radius 1 is 1.05 bits per heavy atom. The Morgan fingerprint density at radius 2 is 1.67 bits per heavy atom. The molecule has 0 radical (unpaired) electrons. The molecule has 3 nitrogen and oxygen atoms in total. The number of benzene rings is 2. The van der Waals surface area contributed by atoms with Gasteiger partial charge in [-0.15, -0.1) is 0 Å². The molecule has 1 unspecified atom stereocenters. The number of hydrogen-bond acceptors (Lipinski definition) is 3. The number of carbonyl (C=O) groups is 2. The van der Waals surface area contributed by atoms with Gasteiger partial charge in [0.2, 0.25) is 0 Å². The lowest BCUT2D eigenvalue weighted by molar-refractivity contribution is -0.142. The van der Waals surface area contributed by atoms with Crippen molar-refractivity contribution in [2.45, 2.75) is 13.0 Å². The molecule has 0 bridgehead atoms. The fourth-order valence-electron chi connectivity index (χ4n) is 2.09. The fraction of sp³-hybridized carbons (Fsp3) is 0.111. The summed E-state index contributed by atoms with van der Waals surface area (Å²) in [4.78, 5) is 23.9. The summed E-state index contributed by atoms with van der Waals surface area (Å²) in [6.07, 6.45) is 0.595. The van der Waals surface area contributed by atoms with Crippen molar-refractivity contribution in [2.75, 3.05) is 0 Å². The third-order valence-corrected chi connectivity index (χ3v) is 3.14. The molecule has 21 heavy (non-hydrogen) atoms.